The molecule has 0 fully saturated rings. The Morgan fingerprint density at radius 3 is 2.87 bits per heavy atom. The number of carbonyl (C=O) groups is 1. The number of H-pyrrole nitrogens is 1. The van der Waals surface area contributed by atoms with Crippen molar-refractivity contribution in [2.45, 2.75) is 0 Å². The van der Waals surface area contributed by atoms with Gasteiger partial charge in [0.1, 0.15) is 11.1 Å². The molecule has 76 valence electrons. The molecule has 15 heavy (non-hydrogen) atoms. The zero-order valence-electron chi connectivity index (χ0n) is 7.66. The van der Waals surface area contributed by atoms with E-state index < -0.39 is 0 Å². The van der Waals surface area contributed by atoms with Gasteiger partial charge in [0.05, 0.1) is 4.47 Å². The van der Waals surface area contributed by atoms with Crippen molar-refractivity contribution in [1.82, 2.24) is 0 Å². The monoisotopic (exact) mass is 283 g/mol. The lowest BCUT2D eigenvalue weighted by atomic mass is 10.4. The van der Waals surface area contributed by atoms with E-state index in [1.54, 1.807) is 18.3 Å². The van der Waals surface area contributed by atoms with E-state index in [0.29, 0.717) is 10.7 Å². The minimum absolute atomic E-state index is 0.0939. The summed E-state index contributed by atoms with van der Waals surface area (Å²) in [4.78, 5) is 15.3. The average molecular weight is 284 g/mol. The average Bonchev–Trinajstić information content (AvgIpc) is 2.74. The lowest BCUT2D eigenvalue weighted by molar-refractivity contribution is -0.361. The van der Waals surface area contributed by atoms with Gasteiger partial charge < -0.3 is 0 Å². The summed E-state index contributed by atoms with van der Waals surface area (Å²) in [6.07, 6.45) is 1.77. The van der Waals surface area contributed by atoms with Crippen LogP contribution in [0.1, 0.15) is 9.67 Å². The third-order valence-corrected chi connectivity index (χ3v) is 3.13. The molecule has 2 aromatic heterocycles. The van der Waals surface area contributed by atoms with Crippen LogP contribution in [0.5, 0.6) is 0 Å². The Labute approximate surface area is 99.3 Å². The minimum Gasteiger partial charge on any atom is -0.246 e. The largest absolute Gasteiger partial charge is 0.349 e. The van der Waals surface area contributed by atoms with Gasteiger partial charge in [0, 0.05) is 6.07 Å². The summed E-state index contributed by atoms with van der Waals surface area (Å²) in [7, 11) is 0. The molecule has 3 nitrogen and oxygen atoms in total. The SMILES string of the molecule is O=C(Nc1ccc(Br)c[nH+]1)c1cccs1. The van der Waals surface area contributed by atoms with Gasteiger partial charge in [-0.2, -0.15) is 0 Å². The van der Waals surface area contributed by atoms with Crippen molar-refractivity contribution in [3.63, 3.8) is 0 Å². The second-order valence-electron chi connectivity index (χ2n) is 2.85. The molecule has 0 bridgehead atoms. The summed E-state index contributed by atoms with van der Waals surface area (Å²) in [5.74, 6) is 0.583. The molecule has 5 heteroatoms. The van der Waals surface area contributed by atoms with E-state index in [9.17, 15) is 4.79 Å². The molecule has 0 aliphatic rings. The molecule has 2 rings (SSSR count). The molecule has 2 N–H and O–H groups in total. The number of pyridine rings is 1. The summed E-state index contributed by atoms with van der Waals surface area (Å²) >= 11 is 4.73. The highest BCUT2D eigenvalue weighted by Crippen LogP contribution is 2.11. The molecule has 0 unspecified atom stereocenters. The van der Waals surface area contributed by atoms with Gasteiger partial charge in [-0.15, -0.1) is 11.3 Å². The van der Waals surface area contributed by atoms with Gasteiger partial charge in [-0.05, 0) is 33.4 Å². The highest BCUT2D eigenvalue weighted by Gasteiger charge is 2.12. The number of rotatable bonds is 2. The number of amides is 1. The van der Waals surface area contributed by atoms with Crippen molar-refractivity contribution in [2.24, 2.45) is 0 Å². The Kier molecular flexibility index (Phi) is 3.13. The molecule has 0 aromatic carbocycles. The zero-order valence-corrected chi connectivity index (χ0v) is 10.1. The van der Waals surface area contributed by atoms with Gasteiger partial charge in [0.15, 0.2) is 0 Å². The number of anilines is 1. The Bertz CT molecular complexity index is 453. The van der Waals surface area contributed by atoms with E-state index in [1.165, 1.54) is 11.3 Å². The van der Waals surface area contributed by atoms with Crippen molar-refractivity contribution in [2.75, 3.05) is 5.32 Å². The van der Waals surface area contributed by atoms with E-state index in [2.05, 4.69) is 26.2 Å². The van der Waals surface area contributed by atoms with Crippen molar-refractivity contribution in [1.29, 1.82) is 0 Å². The van der Waals surface area contributed by atoms with Gasteiger partial charge in [0.2, 0.25) is 0 Å². The first-order chi connectivity index (χ1) is 7.25. The molecule has 0 aliphatic carbocycles. The first kappa shape index (κ1) is 10.3. The van der Waals surface area contributed by atoms with Crippen LogP contribution < -0.4 is 10.3 Å². The maximum Gasteiger partial charge on any atom is 0.349 e. The number of hydrogen-bond donors (Lipinski definition) is 1. The molecule has 0 spiro atoms. The van der Waals surface area contributed by atoms with Crippen LogP contribution in [0.15, 0.2) is 40.3 Å². The van der Waals surface area contributed by atoms with Crippen LogP contribution in [0, 0.1) is 0 Å². The van der Waals surface area contributed by atoms with Crippen LogP contribution in [-0.4, -0.2) is 5.91 Å². The molecule has 2 aromatic rings. The first-order valence-corrected chi connectivity index (χ1v) is 5.95. The number of carbonyl (C=O) groups excluding carboxylic acids is 1. The van der Waals surface area contributed by atoms with Crippen LogP contribution >= 0.6 is 27.3 Å². The van der Waals surface area contributed by atoms with Crippen molar-refractivity contribution in [3.05, 3.63) is 45.2 Å². The van der Waals surface area contributed by atoms with Crippen molar-refractivity contribution in [3.8, 4) is 0 Å². The number of thiophene rings is 1. The second kappa shape index (κ2) is 4.55. The van der Waals surface area contributed by atoms with Gasteiger partial charge in [-0.3, -0.25) is 0 Å². The fraction of sp³-hybridized carbons (Fsp3) is 0. The highest BCUT2D eigenvalue weighted by molar-refractivity contribution is 9.10. The molecule has 0 aliphatic heterocycles. The molecular formula is C10H8BrN2OS+. The summed E-state index contributed by atoms with van der Waals surface area (Å²) in [5, 5.41) is 4.64. The number of halogens is 1. The third kappa shape index (κ3) is 2.64. The molecule has 0 atom stereocenters. The van der Waals surface area contributed by atoms with E-state index in [1.807, 2.05) is 17.5 Å². The molecule has 0 radical (unpaired) electrons. The number of nitrogens with one attached hydrogen (secondary N) is 2. The fourth-order valence-corrected chi connectivity index (χ4v) is 1.94. The Morgan fingerprint density at radius 1 is 1.40 bits per heavy atom. The number of hydrogen-bond acceptors (Lipinski definition) is 2. The van der Waals surface area contributed by atoms with Crippen LogP contribution in [0.4, 0.5) is 5.82 Å². The predicted octanol–water partition coefficient (Wildman–Crippen LogP) is 2.58. The van der Waals surface area contributed by atoms with E-state index in [4.69, 9.17) is 0 Å². The standard InChI is InChI=1S/C10H7BrN2OS/c11-7-3-4-9(12-6-7)13-10(14)8-2-1-5-15-8/h1-6H,(H,12,13,14)/p+1. The fourth-order valence-electron chi connectivity index (χ4n) is 1.08. The van der Waals surface area contributed by atoms with Gasteiger partial charge in [-0.1, -0.05) is 6.07 Å². The topological polar surface area (TPSA) is 43.2 Å². The van der Waals surface area contributed by atoms with E-state index in [0.717, 1.165) is 4.47 Å². The van der Waals surface area contributed by atoms with E-state index in [-0.39, 0.29) is 5.91 Å². The lowest BCUT2D eigenvalue weighted by Gasteiger charge is -1.94. The zero-order chi connectivity index (χ0) is 10.7. The molecular weight excluding hydrogens is 276 g/mol. The summed E-state index contributed by atoms with van der Waals surface area (Å²) in [5.41, 5.74) is 0. The van der Waals surface area contributed by atoms with Gasteiger partial charge in [-0.25, -0.2) is 15.1 Å². The van der Waals surface area contributed by atoms with Crippen LogP contribution in [0.25, 0.3) is 0 Å². The smallest absolute Gasteiger partial charge is 0.246 e. The number of aromatic nitrogens is 1. The van der Waals surface area contributed by atoms with Crippen molar-refractivity contribution >= 4 is 39.0 Å². The van der Waals surface area contributed by atoms with Gasteiger partial charge in [0.25, 0.3) is 5.82 Å². The molecule has 1 amide bonds. The van der Waals surface area contributed by atoms with E-state index >= 15 is 0 Å². The van der Waals surface area contributed by atoms with Crippen LogP contribution in [0.2, 0.25) is 0 Å². The number of aromatic amines is 1. The molecule has 0 saturated carbocycles. The van der Waals surface area contributed by atoms with Crippen LogP contribution in [-0.2, 0) is 0 Å². The Hall–Kier alpha value is -1.20. The summed E-state index contributed by atoms with van der Waals surface area (Å²) < 4.78 is 0.941. The minimum atomic E-state index is -0.0939. The third-order valence-electron chi connectivity index (χ3n) is 1.77. The summed E-state index contributed by atoms with van der Waals surface area (Å²) in [6, 6.07) is 7.31. The summed E-state index contributed by atoms with van der Waals surface area (Å²) in [6.45, 7) is 0. The molecule has 0 saturated heterocycles. The maximum absolute atomic E-state index is 11.6. The quantitative estimate of drug-likeness (QED) is 0.905. The Balaban J connectivity index is 2.09. The van der Waals surface area contributed by atoms with Crippen molar-refractivity contribution < 1.29 is 9.78 Å². The maximum atomic E-state index is 11.6. The predicted molar refractivity (Wildman–Crippen MR) is 63.0 cm³/mol. The normalized spacial score (nSPS) is 9.93. The lowest BCUT2D eigenvalue weighted by Crippen LogP contribution is -2.18. The highest BCUT2D eigenvalue weighted by atomic mass is 79.9. The second-order valence-corrected chi connectivity index (χ2v) is 4.72. The van der Waals surface area contributed by atoms with Crippen LogP contribution in [0.3, 0.4) is 0 Å². The van der Waals surface area contributed by atoms with Gasteiger partial charge >= 0.3 is 5.91 Å². The first-order valence-electron chi connectivity index (χ1n) is 4.28. The molecule has 2 heterocycles. The Morgan fingerprint density at radius 2 is 2.27 bits per heavy atom.